The van der Waals surface area contributed by atoms with E-state index < -0.39 is 11.0 Å². The van der Waals surface area contributed by atoms with Crippen molar-refractivity contribution in [3.63, 3.8) is 0 Å². The molecule has 0 fully saturated rings. The summed E-state index contributed by atoms with van der Waals surface area (Å²) in [5.41, 5.74) is 2.08. The molecule has 0 aliphatic carbocycles. The molecule has 0 aromatic heterocycles. The van der Waals surface area contributed by atoms with Crippen molar-refractivity contribution < 1.29 is 10.0 Å². The highest BCUT2D eigenvalue weighted by molar-refractivity contribution is 5.45. The van der Waals surface area contributed by atoms with Crippen LogP contribution in [-0.2, 0) is 6.42 Å². The number of benzene rings is 2. The predicted octanol–water partition coefficient (Wildman–Crippen LogP) is 3.24. The van der Waals surface area contributed by atoms with Gasteiger partial charge in [-0.1, -0.05) is 43.3 Å². The van der Waals surface area contributed by atoms with Gasteiger partial charge in [0, 0.05) is 6.07 Å². The normalized spacial score (nSPS) is 12.1. The number of rotatable bonds is 4. The summed E-state index contributed by atoms with van der Waals surface area (Å²) in [4.78, 5) is 10.5. The van der Waals surface area contributed by atoms with Crippen molar-refractivity contribution in [2.45, 2.75) is 19.4 Å². The van der Waals surface area contributed by atoms with Crippen molar-refractivity contribution in [2.75, 3.05) is 0 Å². The lowest BCUT2D eigenvalue weighted by molar-refractivity contribution is -0.386. The molecule has 0 amide bonds. The van der Waals surface area contributed by atoms with Gasteiger partial charge in [0.15, 0.2) is 0 Å². The van der Waals surface area contributed by atoms with E-state index >= 15 is 0 Å². The molecule has 4 heteroatoms. The number of aliphatic hydroxyl groups excluding tert-OH is 1. The summed E-state index contributed by atoms with van der Waals surface area (Å²) in [5.74, 6) is 0. The van der Waals surface area contributed by atoms with E-state index in [9.17, 15) is 15.2 Å². The number of aliphatic hydroxyl groups is 1. The number of hydrogen-bond donors (Lipinski definition) is 1. The van der Waals surface area contributed by atoms with E-state index in [4.69, 9.17) is 0 Å². The lowest BCUT2D eigenvalue weighted by atomic mass is 9.98. The van der Waals surface area contributed by atoms with Crippen LogP contribution in [0.3, 0.4) is 0 Å². The van der Waals surface area contributed by atoms with Crippen molar-refractivity contribution in [3.05, 3.63) is 75.3 Å². The Morgan fingerprint density at radius 1 is 1.16 bits per heavy atom. The molecule has 1 atom stereocenters. The predicted molar refractivity (Wildman–Crippen MR) is 73.0 cm³/mol. The SMILES string of the molecule is CCc1ccc(C(O)c2ccccc2[N+](=O)[O-])cc1. The summed E-state index contributed by atoms with van der Waals surface area (Å²) in [7, 11) is 0. The highest BCUT2D eigenvalue weighted by Crippen LogP contribution is 2.29. The average Bonchev–Trinajstić information content (AvgIpc) is 2.46. The Labute approximate surface area is 111 Å². The van der Waals surface area contributed by atoms with Crippen LogP contribution in [0.4, 0.5) is 5.69 Å². The zero-order valence-electron chi connectivity index (χ0n) is 10.6. The summed E-state index contributed by atoms with van der Waals surface area (Å²) in [6, 6.07) is 13.7. The van der Waals surface area contributed by atoms with E-state index in [1.165, 1.54) is 11.6 Å². The van der Waals surface area contributed by atoms with Crippen molar-refractivity contribution in [1.82, 2.24) is 0 Å². The molecule has 0 bridgehead atoms. The summed E-state index contributed by atoms with van der Waals surface area (Å²) in [5, 5.41) is 21.2. The number of hydrogen-bond acceptors (Lipinski definition) is 3. The summed E-state index contributed by atoms with van der Waals surface area (Å²) in [6.07, 6.45) is -0.0606. The van der Waals surface area contributed by atoms with Crippen LogP contribution < -0.4 is 0 Å². The molecule has 1 unspecified atom stereocenters. The van der Waals surface area contributed by atoms with Crippen LogP contribution in [0.1, 0.15) is 29.7 Å². The number of nitro groups is 1. The van der Waals surface area contributed by atoms with E-state index in [-0.39, 0.29) is 5.69 Å². The molecule has 19 heavy (non-hydrogen) atoms. The minimum atomic E-state index is -0.979. The van der Waals surface area contributed by atoms with Crippen molar-refractivity contribution in [1.29, 1.82) is 0 Å². The van der Waals surface area contributed by atoms with Crippen molar-refractivity contribution in [3.8, 4) is 0 Å². The Bertz CT molecular complexity index is 578. The van der Waals surface area contributed by atoms with Crippen molar-refractivity contribution in [2.24, 2.45) is 0 Å². The zero-order valence-corrected chi connectivity index (χ0v) is 10.6. The topological polar surface area (TPSA) is 63.4 Å². The fourth-order valence-electron chi connectivity index (χ4n) is 2.00. The van der Waals surface area contributed by atoms with Crippen LogP contribution in [-0.4, -0.2) is 10.0 Å². The molecule has 0 radical (unpaired) electrons. The molecule has 0 saturated heterocycles. The van der Waals surface area contributed by atoms with Gasteiger partial charge < -0.3 is 5.11 Å². The largest absolute Gasteiger partial charge is 0.383 e. The molecule has 0 saturated carbocycles. The van der Waals surface area contributed by atoms with Gasteiger partial charge in [-0.05, 0) is 23.6 Å². The van der Waals surface area contributed by atoms with Gasteiger partial charge in [-0.3, -0.25) is 10.1 Å². The van der Waals surface area contributed by atoms with Crippen LogP contribution in [0.25, 0.3) is 0 Å². The number of aryl methyl sites for hydroxylation is 1. The third-order valence-corrected chi connectivity index (χ3v) is 3.13. The molecule has 0 spiro atoms. The van der Waals surface area contributed by atoms with Gasteiger partial charge in [0.1, 0.15) is 6.10 Å². The Kier molecular flexibility index (Phi) is 3.92. The monoisotopic (exact) mass is 257 g/mol. The highest BCUT2D eigenvalue weighted by Gasteiger charge is 2.20. The third-order valence-electron chi connectivity index (χ3n) is 3.13. The first-order valence-electron chi connectivity index (χ1n) is 6.13. The second-order valence-electron chi connectivity index (χ2n) is 4.31. The molecule has 98 valence electrons. The molecule has 0 heterocycles. The first-order valence-corrected chi connectivity index (χ1v) is 6.13. The first-order chi connectivity index (χ1) is 9.13. The zero-order chi connectivity index (χ0) is 13.8. The van der Waals surface area contributed by atoms with Crippen LogP contribution >= 0.6 is 0 Å². The van der Waals surface area contributed by atoms with Gasteiger partial charge >= 0.3 is 0 Å². The Balaban J connectivity index is 2.37. The molecular weight excluding hydrogens is 242 g/mol. The average molecular weight is 257 g/mol. The van der Waals surface area contributed by atoms with E-state index in [1.54, 1.807) is 30.3 Å². The molecule has 1 N–H and O–H groups in total. The second-order valence-corrected chi connectivity index (χ2v) is 4.31. The lowest BCUT2D eigenvalue weighted by Gasteiger charge is -2.12. The smallest absolute Gasteiger partial charge is 0.275 e. The van der Waals surface area contributed by atoms with Gasteiger partial charge in [-0.25, -0.2) is 0 Å². The van der Waals surface area contributed by atoms with Gasteiger partial charge in [0.2, 0.25) is 0 Å². The second kappa shape index (κ2) is 5.63. The standard InChI is InChI=1S/C15H15NO3/c1-2-11-7-9-12(10-8-11)15(17)13-5-3-4-6-14(13)16(18)19/h3-10,15,17H,2H2,1H3. The van der Waals surface area contributed by atoms with E-state index in [0.29, 0.717) is 11.1 Å². The number of nitro benzene ring substituents is 1. The van der Waals surface area contributed by atoms with E-state index in [0.717, 1.165) is 6.42 Å². The fourth-order valence-corrected chi connectivity index (χ4v) is 2.00. The number of para-hydroxylation sites is 1. The molecule has 2 aromatic rings. The van der Waals surface area contributed by atoms with Gasteiger partial charge in [0.25, 0.3) is 5.69 Å². The molecule has 2 rings (SSSR count). The molecule has 2 aromatic carbocycles. The summed E-state index contributed by atoms with van der Waals surface area (Å²) >= 11 is 0. The van der Waals surface area contributed by atoms with Gasteiger partial charge in [0.05, 0.1) is 10.5 Å². The van der Waals surface area contributed by atoms with Gasteiger partial charge in [-0.15, -0.1) is 0 Å². The van der Waals surface area contributed by atoms with E-state index in [1.807, 2.05) is 19.1 Å². The molecular formula is C15H15NO3. The quantitative estimate of drug-likeness (QED) is 0.675. The maximum Gasteiger partial charge on any atom is 0.275 e. The highest BCUT2D eigenvalue weighted by atomic mass is 16.6. The molecule has 0 aliphatic rings. The van der Waals surface area contributed by atoms with Crippen LogP contribution in [0.15, 0.2) is 48.5 Å². The maximum atomic E-state index is 11.0. The Hall–Kier alpha value is -2.20. The summed E-state index contributed by atoms with van der Waals surface area (Å²) in [6.45, 7) is 2.05. The minimum absolute atomic E-state index is 0.0606. The Morgan fingerprint density at radius 2 is 1.79 bits per heavy atom. The van der Waals surface area contributed by atoms with Crippen LogP contribution in [0.5, 0.6) is 0 Å². The lowest BCUT2D eigenvalue weighted by Crippen LogP contribution is -2.03. The van der Waals surface area contributed by atoms with E-state index in [2.05, 4.69) is 0 Å². The molecule has 0 aliphatic heterocycles. The van der Waals surface area contributed by atoms with Gasteiger partial charge in [-0.2, -0.15) is 0 Å². The van der Waals surface area contributed by atoms with Crippen molar-refractivity contribution >= 4 is 5.69 Å². The minimum Gasteiger partial charge on any atom is -0.383 e. The number of nitrogens with zero attached hydrogens (tertiary/aromatic N) is 1. The Morgan fingerprint density at radius 3 is 2.37 bits per heavy atom. The van der Waals surface area contributed by atoms with Crippen LogP contribution in [0, 0.1) is 10.1 Å². The third kappa shape index (κ3) is 2.80. The molecule has 4 nitrogen and oxygen atoms in total. The maximum absolute atomic E-state index is 11.0. The fraction of sp³-hybridized carbons (Fsp3) is 0.200. The first kappa shape index (κ1) is 13.2. The summed E-state index contributed by atoms with van der Waals surface area (Å²) < 4.78 is 0. The van der Waals surface area contributed by atoms with Crippen LogP contribution in [0.2, 0.25) is 0 Å².